The molecule has 2 aromatic heterocycles. The highest BCUT2D eigenvalue weighted by molar-refractivity contribution is 6.03. The van der Waals surface area contributed by atoms with Crippen molar-refractivity contribution in [2.75, 3.05) is 25.1 Å². The number of piperidine rings is 1. The van der Waals surface area contributed by atoms with Crippen molar-refractivity contribution in [3.63, 3.8) is 0 Å². The Labute approximate surface area is 254 Å². The van der Waals surface area contributed by atoms with Crippen LogP contribution >= 0.6 is 0 Å². The molecule has 10 heteroatoms. The number of pyridine rings is 1. The summed E-state index contributed by atoms with van der Waals surface area (Å²) in [6, 6.07) is 6.86. The maximum Gasteiger partial charge on any atom is 0.318 e. The van der Waals surface area contributed by atoms with Gasteiger partial charge in [0.15, 0.2) is 5.82 Å². The van der Waals surface area contributed by atoms with E-state index in [4.69, 9.17) is 11.2 Å². The maximum absolute atomic E-state index is 16.2. The van der Waals surface area contributed by atoms with Crippen LogP contribution in [0.2, 0.25) is 0 Å². The van der Waals surface area contributed by atoms with Gasteiger partial charge in [0.25, 0.3) is 0 Å². The Balaban J connectivity index is 0.000000296. The van der Waals surface area contributed by atoms with Crippen molar-refractivity contribution in [3.05, 3.63) is 47.7 Å². The van der Waals surface area contributed by atoms with Crippen molar-refractivity contribution in [1.82, 2.24) is 19.9 Å². The second kappa shape index (κ2) is 11.4. The molecule has 4 saturated heterocycles. The first-order chi connectivity index (χ1) is 21.4. The van der Waals surface area contributed by atoms with Crippen LogP contribution in [0.4, 0.5) is 19.0 Å². The van der Waals surface area contributed by atoms with Crippen LogP contribution in [0.3, 0.4) is 0 Å². The number of fused-ring (bicyclic) bond motifs is 5. The molecule has 1 N–H and O–H groups in total. The average molecular weight is 602 g/mol. The fraction of sp³-hybridized carbons (Fsp3) is 0.441. The first-order valence-corrected chi connectivity index (χ1v) is 15.3. The molecular weight excluding hydrogens is 567 g/mol. The van der Waals surface area contributed by atoms with Crippen molar-refractivity contribution < 1.29 is 23.0 Å². The number of ether oxygens (including phenoxy) is 1. The maximum atomic E-state index is 16.2. The van der Waals surface area contributed by atoms with Gasteiger partial charge >= 0.3 is 6.01 Å². The highest BCUT2D eigenvalue weighted by Crippen LogP contribution is 2.43. The lowest BCUT2D eigenvalue weighted by Gasteiger charge is -2.36. The number of halogens is 3. The molecule has 4 atom stereocenters. The van der Waals surface area contributed by atoms with Crippen LogP contribution in [0.15, 0.2) is 30.5 Å². The van der Waals surface area contributed by atoms with Crippen LogP contribution in [-0.4, -0.2) is 69.5 Å². The van der Waals surface area contributed by atoms with E-state index < -0.39 is 17.8 Å². The largest absolute Gasteiger partial charge is 0.508 e. The summed E-state index contributed by atoms with van der Waals surface area (Å²) in [6.45, 7) is 1.86. The topological polar surface area (TPSA) is 74.6 Å². The van der Waals surface area contributed by atoms with E-state index in [1.54, 1.807) is 6.20 Å². The van der Waals surface area contributed by atoms with Gasteiger partial charge in [-0.15, -0.1) is 6.42 Å². The molecule has 4 aliphatic heterocycles. The molecule has 0 spiro atoms. The highest BCUT2D eigenvalue weighted by Gasteiger charge is 2.39. The van der Waals surface area contributed by atoms with Crippen LogP contribution in [0.25, 0.3) is 32.9 Å². The number of benzene rings is 2. The van der Waals surface area contributed by atoms with Crippen LogP contribution in [0.1, 0.15) is 56.9 Å². The number of aromatic hydroxyl groups is 1. The molecule has 4 unspecified atom stereocenters. The first kappa shape index (κ1) is 28.7. The molecule has 0 saturated carbocycles. The third-order valence-corrected chi connectivity index (χ3v) is 9.68. The number of rotatable bonds is 3. The van der Waals surface area contributed by atoms with E-state index in [2.05, 4.69) is 30.7 Å². The molecule has 2 bridgehead atoms. The molecule has 44 heavy (non-hydrogen) atoms. The Morgan fingerprint density at radius 2 is 1.80 bits per heavy atom. The molecule has 4 fully saturated rings. The Morgan fingerprint density at radius 3 is 2.52 bits per heavy atom. The highest BCUT2D eigenvalue weighted by atomic mass is 19.1. The number of phenols is 1. The molecule has 7 nitrogen and oxygen atoms in total. The summed E-state index contributed by atoms with van der Waals surface area (Å²) in [4.78, 5) is 17.9. The fourth-order valence-corrected chi connectivity index (χ4v) is 7.74. The lowest BCUT2D eigenvalue weighted by molar-refractivity contribution is 0.292. The second-order valence-electron chi connectivity index (χ2n) is 12.2. The number of phenolic OH excluding ortho intramolecular Hbond substituents is 1. The molecular formula is C34H34F3N5O2. The zero-order valence-electron chi connectivity index (χ0n) is 24.6. The number of terminal acetylenes is 1. The van der Waals surface area contributed by atoms with Crippen molar-refractivity contribution in [2.45, 2.75) is 75.7 Å². The zero-order valence-corrected chi connectivity index (χ0v) is 24.6. The number of anilines is 1. The van der Waals surface area contributed by atoms with Gasteiger partial charge in [0, 0.05) is 41.8 Å². The third-order valence-electron chi connectivity index (χ3n) is 9.68. The lowest BCUT2D eigenvalue weighted by atomic mass is 9.95. The summed E-state index contributed by atoms with van der Waals surface area (Å²) < 4.78 is 48.7. The monoisotopic (exact) mass is 601 g/mol. The van der Waals surface area contributed by atoms with Crippen LogP contribution < -0.4 is 9.64 Å². The predicted octanol–water partition coefficient (Wildman–Crippen LogP) is 6.53. The van der Waals surface area contributed by atoms with E-state index in [0.29, 0.717) is 46.6 Å². The summed E-state index contributed by atoms with van der Waals surface area (Å²) in [7, 11) is 1.44. The minimum atomic E-state index is -0.715. The summed E-state index contributed by atoms with van der Waals surface area (Å²) in [6.07, 6.45) is 15.4. The van der Waals surface area contributed by atoms with Crippen LogP contribution in [0, 0.1) is 24.0 Å². The Morgan fingerprint density at radius 1 is 1.02 bits per heavy atom. The van der Waals surface area contributed by atoms with Gasteiger partial charge in [0.05, 0.1) is 18.1 Å². The average Bonchev–Trinajstić information content (AvgIpc) is 3.67. The van der Waals surface area contributed by atoms with Gasteiger partial charge in [-0.1, -0.05) is 12.0 Å². The van der Waals surface area contributed by atoms with E-state index in [-0.39, 0.29) is 34.1 Å². The van der Waals surface area contributed by atoms with Gasteiger partial charge < -0.3 is 14.7 Å². The molecule has 0 aliphatic carbocycles. The summed E-state index contributed by atoms with van der Waals surface area (Å²) in [5.74, 6) is 1.53. The number of nitrogens with zero attached hydrogens (tertiary/aromatic N) is 5. The zero-order chi connectivity index (χ0) is 30.5. The van der Waals surface area contributed by atoms with E-state index in [0.717, 1.165) is 38.6 Å². The quantitative estimate of drug-likeness (QED) is 0.268. The SMILES string of the molecule is C#Cc1c(F)ccc2cc(O)cc(-c3ncc4c(N5C6CCCC5CC6)nc(OC)nc4c3F)c12.FC1CC2CCCN2C1. The smallest absolute Gasteiger partial charge is 0.318 e. The lowest BCUT2D eigenvalue weighted by Crippen LogP contribution is -2.40. The fourth-order valence-electron chi connectivity index (χ4n) is 7.74. The molecule has 4 aliphatic rings. The number of hydrogen-bond acceptors (Lipinski definition) is 7. The molecule has 0 radical (unpaired) electrons. The summed E-state index contributed by atoms with van der Waals surface area (Å²) in [5.41, 5.74) is 0.125. The van der Waals surface area contributed by atoms with Crippen molar-refractivity contribution >= 4 is 27.5 Å². The predicted molar refractivity (Wildman–Crippen MR) is 164 cm³/mol. The first-order valence-electron chi connectivity index (χ1n) is 15.3. The molecule has 228 valence electrons. The minimum absolute atomic E-state index is 0.0235. The van der Waals surface area contributed by atoms with E-state index in [1.165, 1.54) is 50.6 Å². The van der Waals surface area contributed by atoms with E-state index in [1.807, 2.05) is 0 Å². The second-order valence-corrected chi connectivity index (χ2v) is 12.2. The van der Waals surface area contributed by atoms with Gasteiger partial charge in [-0.2, -0.15) is 9.97 Å². The van der Waals surface area contributed by atoms with Gasteiger partial charge in [0.1, 0.15) is 34.8 Å². The van der Waals surface area contributed by atoms with Crippen LogP contribution in [-0.2, 0) is 0 Å². The number of alkyl halides is 1. The minimum Gasteiger partial charge on any atom is -0.508 e. The van der Waals surface area contributed by atoms with Gasteiger partial charge in [-0.3, -0.25) is 9.88 Å². The van der Waals surface area contributed by atoms with Crippen molar-refractivity contribution in [1.29, 1.82) is 0 Å². The van der Waals surface area contributed by atoms with Gasteiger partial charge in [0.2, 0.25) is 0 Å². The number of aromatic nitrogens is 3. The number of hydrogen-bond donors (Lipinski definition) is 1. The van der Waals surface area contributed by atoms with Gasteiger partial charge in [-0.25, -0.2) is 13.2 Å². The van der Waals surface area contributed by atoms with E-state index >= 15 is 4.39 Å². The molecule has 4 aromatic rings. The molecule has 2 aromatic carbocycles. The van der Waals surface area contributed by atoms with E-state index in [9.17, 15) is 13.9 Å². The Bertz CT molecular complexity index is 1770. The summed E-state index contributed by atoms with van der Waals surface area (Å²) >= 11 is 0. The van der Waals surface area contributed by atoms with Crippen molar-refractivity contribution in [2.24, 2.45) is 0 Å². The van der Waals surface area contributed by atoms with Crippen LogP contribution in [0.5, 0.6) is 11.8 Å². The number of methoxy groups -OCH3 is 1. The van der Waals surface area contributed by atoms with Gasteiger partial charge in [-0.05, 0) is 81.5 Å². The Kier molecular flexibility index (Phi) is 7.45. The normalized spacial score (nSPS) is 24.3. The Hall–Kier alpha value is -4.10. The molecule has 0 amide bonds. The molecule has 6 heterocycles. The third kappa shape index (κ3) is 4.87. The standard InChI is InChI=1S/C27H22F2N4O2.C7H12FN/c1-3-18-21(28)10-7-14-11-17(34)12-19(22(14)18)24-23(29)25-20(13-30-24)26(32-27(31-25)35-2)33-15-5-4-6-16(33)9-8-15;8-6-4-7-2-1-3-9(7)5-6/h1,7,10-13,15-16,34H,4-6,8-9H2,2H3;6-7H,1-5H2. The molecule has 8 rings (SSSR count). The van der Waals surface area contributed by atoms with Crippen molar-refractivity contribution in [3.8, 4) is 35.4 Å². The summed E-state index contributed by atoms with van der Waals surface area (Å²) in [5, 5.41) is 11.6.